The van der Waals surface area contributed by atoms with Crippen molar-refractivity contribution in [2.45, 2.75) is 24.5 Å². The van der Waals surface area contributed by atoms with E-state index >= 15 is 0 Å². The minimum Gasteiger partial charge on any atom is -0.394 e. The average Bonchev–Trinajstić information content (AvgIpc) is 2.90. The van der Waals surface area contributed by atoms with Crippen molar-refractivity contribution in [2.24, 2.45) is 0 Å². The number of aromatic nitrogens is 3. The zero-order valence-electron chi connectivity index (χ0n) is 10.2. The van der Waals surface area contributed by atoms with Crippen molar-refractivity contribution in [3.05, 3.63) is 17.0 Å². The highest BCUT2D eigenvalue weighted by Crippen LogP contribution is 2.36. The third-order valence-electron chi connectivity index (χ3n) is 3.38. The smallest absolute Gasteiger partial charge is 0.164 e. The third kappa shape index (κ3) is 1.90. The van der Waals surface area contributed by atoms with Gasteiger partial charge in [0.05, 0.1) is 12.0 Å². The number of ether oxygens (including phenoxy) is 1. The number of nitrogens with two attached hydrogens (primary N) is 1. The van der Waals surface area contributed by atoms with Crippen molar-refractivity contribution < 1.29 is 20.1 Å². The lowest BCUT2D eigenvalue weighted by Crippen LogP contribution is -2.33. The van der Waals surface area contributed by atoms with Crippen LogP contribution in [-0.2, 0) is 4.74 Å². The Balaban J connectivity index is 2.10. The molecule has 0 amide bonds. The Bertz CT molecular complexity index is 649. The van der Waals surface area contributed by atoms with Crippen LogP contribution in [0.5, 0.6) is 0 Å². The first-order valence-corrected chi connectivity index (χ1v) is 6.73. The third-order valence-corrected chi connectivity index (χ3v) is 3.98. The van der Waals surface area contributed by atoms with Crippen molar-refractivity contribution in [2.75, 3.05) is 12.3 Å². The Morgan fingerprint density at radius 3 is 2.75 bits per heavy atom. The van der Waals surface area contributed by atoms with Crippen LogP contribution in [0.1, 0.15) is 6.23 Å². The molecule has 0 spiro atoms. The Labute approximate surface area is 121 Å². The standard InChI is InChI=1S/C11H13BrN4O4/c12-4-1-16(10-6(4)9(13)14-3-15-10)11-8(19)7(18)5(2-17)20-11/h1,3,5,7-8,11,17-19H,2H2,(H2,13,14,15)/t5-,7+,8+,11-/m1/s1. The summed E-state index contributed by atoms with van der Waals surface area (Å²) in [5.41, 5.74) is 6.27. The molecule has 3 heterocycles. The van der Waals surface area contributed by atoms with Crippen molar-refractivity contribution >= 4 is 32.8 Å². The molecule has 0 bridgehead atoms. The molecule has 2 aromatic rings. The van der Waals surface area contributed by atoms with Crippen molar-refractivity contribution in [3.8, 4) is 0 Å². The van der Waals surface area contributed by atoms with Crippen LogP contribution >= 0.6 is 15.9 Å². The summed E-state index contributed by atoms with van der Waals surface area (Å²) >= 11 is 3.35. The Morgan fingerprint density at radius 1 is 1.35 bits per heavy atom. The lowest BCUT2D eigenvalue weighted by molar-refractivity contribution is -0.0509. The maximum absolute atomic E-state index is 10.1. The van der Waals surface area contributed by atoms with Crippen LogP contribution in [0.15, 0.2) is 17.0 Å². The number of aliphatic hydroxyl groups excluding tert-OH is 3. The van der Waals surface area contributed by atoms with Gasteiger partial charge in [-0.15, -0.1) is 0 Å². The number of hydrogen-bond acceptors (Lipinski definition) is 7. The maximum Gasteiger partial charge on any atom is 0.164 e. The monoisotopic (exact) mass is 344 g/mol. The van der Waals surface area contributed by atoms with Crippen molar-refractivity contribution in [3.63, 3.8) is 0 Å². The van der Waals surface area contributed by atoms with Gasteiger partial charge in [0.25, 0.3) is 0 Å². The molecule has 0 aromatic carbocycles. The highest BCUT2D eigenvalue weighted by atomic mass is 79.9. The fourth-order valence-corrected chi connectivity index (χ4v) is 2.97. The van der Waals surface area contributed by atoms with Crippen LogP contribution in [0.25, 0.3) is 11.0 Å². The lowest BCUT2D eigenvalue weighted by atomic mass is 10.1. The number of nitrogens with zero attached hydrogens (tertiary/aromatic N) is 3. The van der Waals surface area contributed by atoms with E-state index in [1.54, 1.807) is 10.8 Å². The van der Waals surface area contributed by atoms with E-state index in [1.807, 2.05) is 0 Å². The van der Waals surface area contributed by atoms with Gasteiger partial charge in [0.15, 0.2) is 6.23 Å². The zero-order chi connectivity index (χ0) is 14.4. The van der Waals surface area contributed by atoms with E-state index in [0.29, 0.717) is 21.3 Å². The molecule has 0 aliphatic carbocycles. The Hall–Kier alpha value is -1.26. The molecule has 3 rings (SSSR count). The number of rotatable bonds is 2. The van der Waals surface area contributed by atoms with Crippen molar-refractivity contribution in [1.29, 1.82) is 0 Å². The summed E-state index contributed by atoms with van der Waals surface area (Å²) in [6.45, 7) is -0.383. The van der Waals surface area contributed by atoms with Gasteiger partial charge in [-0.2, -0.15) is 0 Å². The molecule has 0 saturated carbocycles. The predicted molar refractivity (Wildman–Crippen MR) is 72.6 cm³/mol. The Morgan fingerprint density at radius 2 is 2.10 bits per heavy atom. The summed E-state index contributed by atoms with van der Waals surface area (Å²) in [5, 5.41) is 29.6. The van der Waals surface area contributed by atoms with E-state index in [2.05, 4.69) is 25.9 Å². The van der Waals surface area contributed by atoms with Crippen molar-refractivity contribution in [1.82, 2.24) is 14.5 Å². The van der Waals surface area contributed by atoms with Gasteiger partial charge in [-0.25, -0.2) is 9.97 Å². The fraction of sp³-hybridized carbons (Fsp3) is 0.455. The molecule has 0 unspecified atom stereocenters. The average molecular weight is 345 g/mol. The van der Waals surface area contributed by atoms with E-state index < -0.39 is 24.5 Å². The maximum atomic E-state index is 10.1. The molecule has 9 heteroatoms. The molecule has 2 aromatic heterocycles. The number of anilines is 1. The van der Waals surface area contributed by atoms with Crippen LogP contribution in [0.4, 0.5) is 5.82 Å². The summed E-state index contributed by atoms with van der Waals surface area (Å²) in [6.07, 6.45) is -1.08. The fourth-order valence-electron chi connectivity index (χ4n) is 2.37. The first-order chi connectivity index (χ1) is 9.54. The molecule has 5 N–H and O–H groups in total. The highest BCUT2D eigenvalue weighted by molar-refractivity contribution is 9.10. The van der Waals surface area contributed by atoms with Crippen LogP contribution in [0.2, 0.25) is 0 Å². The van der Waals surface area contributed by atoms with Gasteiger partial charge in [0.2, 0.25) is 0 Å². The normalized spacial score (nSPS) is 30.2. The van der Waals surface area contributed by atoms with Gasteiger partial charge in [0.1, 0.15) is 36.1 Å². The van der Waals surface area contributed by atoms with E-state index in [-0.39, 0.29) is 6.61 Å². The van der Waals surface area contributed by atoms with E-state index in [4.69, 9.17) is 15.6 Å². The second-order valence-corrected chi connectivity index (χ2v) is 5.43. The number of nitrogen functional groups attached to an aromatic ring is 1. The lowest BCUT2D eigenvalue weighted by Gasteiger charge is -2.17. The SMILES string of the molecule is Nc1ncnc2c1c(Br)cn2[C@@H]1O[C@H](CO)[C@H](O)[C@@H]1O. The topological polar surface area (TPSA) is 127 Å². The highest BCUT2D eigenvalue weighted by Gasteiger charge is 2.44. The molecular weight excluding hydrogens is 332 g/mol. The summed E-state index contributed by atoms with van der Waals surface area (Å²) < 4.78 is 7.69. The largest absolute Gasteiger partial charge is 0.394 e. The second-order valence-electron chi connectivity index (χ2n) is 4.57. The Kier molecular flexibility index (Phi) is 3.38. The molecule has 20 heavy (non-hydrogen) atoms. The predicted octanol–water partition coefficient (Wildman–Crippen LogP) is -0.613. The summed E-state index contributed by atoms with van der Waals surface area (Å²) in [5.74, 6) is 0.298. The first-order valence-electron chi connectivity index (χ1n) is 5.93. The zero-order valence-corrected chi connectivity index (χ0v) is 11.8. The van der Waals surface area contributed by atoms with Crippen LogP contribution in [0.3, 0.4) is 0 Å². The van der Waals surface area contributed by atoms with Crippen LogP contribution in [-0.4, -0.2) is 54.8 Å². The van der Waals surface area contributed by atoms with Gasteiger partial charge in [-0.1, -0.05) is 0 Å². The van der Waals surface area contributed by atoms with E-state index in [0.717, 1.165) is 0 Å². The van der Waals surface area contributed by atoms with Gasteiger partial charge < -0.3 is 30.4 Å². The minimum absolute atomic E-state index is 0.298. The molecule has 108 valence electrons. The first kappa shape index (κ1) is 13.7. The van der Waals surface area contributed by atoms with Gasteiger partial charge in [-0.05, 0) is 15.9 Å². The number of hydrogen-bond donors (Lipinski definition) is 4. The number of fused-ring (bicyclic) bond motifs is 1. The number of halogens is 1. The van der Waals surface area contributed by atoms with Gasteiger partial charge in [-0.3, -0.25) is 0 Å². The van der Waals surface area contributed by atoms with E-state index in [9.17, 15) is 10.2 Å². The molecule has 4 atom stereocenters. The quantitative estimate of drug-likeness (QED) is 0.572. The molecular formula is C11H13BrN4O4. The molecule has 1 aliphatic heterocycles. The van der Waals surface area contributed by atoms with Crippen LogP contribution in [0, 0.1) is 0 Å². The molecule has 1 saturated heterocycles. The summed E-state index contributed by atoms with van der Waals surface area (Å²) in [7, 11) is 0. The summed E-state index contributed by atoms with van der Waals surface area (Å²) in [4.78, 5) is 8.03. The molecule has 1 fully saturated rings. The van der Waals surface area contributed by atoms with Gasteiger partial charge in [0, 0.05) is 10.7 Å². The minimum atomic E-state index is -1.18. The molecule has 1 aliphatic rings. The number of aliphatic hydroxyl groups is 3. The van der Waals surface area contributed by atoms with Gasteiger partial charge >= 0.3 is 0 Å². The molecule has 0 radical (unpaired) electrons. The second kappa shape index (κ2) is 4.93. The summed E-state index contributed by atoms with van der Waals surface area (Å²) in [6, 6.07) is 0. The van der Waals surface area contributed by atoms with E-state index in [1.165, 1.54) is 6.33 Å². The molecule has 8 nitrogen and oxygen atoms in total. The van der Waals surface area contributed by atoms with Crippen LogP contribution < -0.4 is 5.73 Å².